The van der Waals surface area contributed by atoms with E-state index in [1.165, 1.54) is 0 Å². The van der Waals surface area contributed by atoms with Crippen LogP contribution in [0, 0.1) is 5.82 Å². The molecule has 0 heterocycles. The van der Waals surface area contributed by atoms with Crippen LogP contribution in [-0.4, -0.2) is 30.7 Å². The minimum absolute atomic E-state index is 0.460. The molecule has 0 spiro atoms. The average Bonchev–Trinajstić information content (AvgIpc) is 2.27. The number of hydrogen-bond acceptors (Lipinski definition) is 2. The van der Waals surface area contributed by atoms with E-state index in [-0.39, 0.29) is 0 Å². The van der Waals surface area contributed by atoms with Gasteiger partial charge in [0.2, 0.25) is 0 Å². The molecule has 0 aliphatic heterocycles. The molecule has 0 aliphatic carbocycles. The molecule has 0 bridgehead atoms. The van der Waals surface area contributed by atoms with Gasteiger partial charge >= 0.3 is 5.92 Å². The number of ketones is 1. The fourth-order valence-electron chi connectivity index (χ4n) is 1.44. The summed E-state index contributed by atoms with van der Waals surface area (Å²) in [5.41, 5.74) is -1.55. The van der Waals surface area contributed by atoms with Gasteiger partial charge in [-0.1, -0.05) is 6.07 Å². The lowest BCUT2D eigenvalue weighted by Crippen LogP contribution is -2.38. The number of benzene rings is 1. The van der Waals surface area contributed by atoms with Gasteiger partial charge < -0.3 is 4.90 Å². The van der Waals surface area contributed by atoms with Crippen molar-refractivity contribution in [2.75, 3.05) is 14.1 Å². The second-order valence-electron chi connectivity index (χ2n) is 4.00. The van der Waals surface area contributed by atoms with Crippen LogP contribution in [0.4, 0.5) is 13.2 Å². The maximum Gasteiger partial charge on any atom is 0.352 e. The second-order valence-corrected chi connectivity index (χ2v) is 4.00. The highest BCUT2D eigenvalue weighted by atomic mass is 19.3. The molecule has 18 heavy (non-hydrogen) atoms. The number of halogens is 3. The van der Waals surface area contributed by atoms with E-state index in [4.69, 9.17) is 0 Å². The third kappa shape index (κ3) is 2.37. The molecule has 0 N–H and O–H groups in total. The first kappa shape index (κ1) is 14.2. The fraction of sp³-hybridized carbons (Fsp3) is 0.333. The molecule has 0 aromatic heterocycles. The van der Waals surface area contributed by atoms with Gasteiger partial charge in [-0.25, -0.2) is 4.39 Å². The summed E-state index contributed by atoms with van der Waals surface area (Å²) in [4.78, 5) is 23.1. The Morgan fingerprint density at radius 1 is 1.22 bits per heavy atom. The maximum absolute atomic E-state index is 13.8. The Balaban J connectivity index is 3.38. The quantitative estimate of drug-likeness (QED) is 0.780. The largest absolute Gasteiger partial charge is 0.352 e. The lowest BCUT2D eigenvalue weighted by Gasteiger charge is -2.21. The van der Waals surface area contributed by atoms with Gasteiger partial charge in [-0.3, -0.25) is 9.59 Å². The number of carbonyl (C=O) groups is 2. The molecule has 1 aromatic rings. The van der Waals surface area contributed by atoms with E-state index in [0.29, 0.717) is 4.90 Å². The Bertz CT molecular complexity index is 498. The summed E-state index contributed by atoms with van der Waals surface area (Å²) in [5.74, 6) is -7.58. The smallest absolute Gasteiger partial charge is 0.343 e. The van der Waals surface area contributed by atoms with Crippen LogP contribution in [0.1, 0.15) is 22.8 Å². The first-order chi connectivity index (χ1) is 8.19. The summed E-state index contributed by atoms with van der Waals surface area (Å²) >= 11 is 0. The standard InChI is InChI=1S/C12H12F3NO2/c1-7(17)8-5-4-6-9(10(8)13)12(14,15)11(18)16(2)3/h4-6H,1-3H3. The van der Waals surface area contributed by atoms with E-state index in [9.17, 15) is 22.8 Å². The third-order valence-electron chi connectivity index (χ3n) is 2.39. The van der Waals surface area contributed by atoms with Gasteiger partial charge in [-0.15, -0.1) is 0 Å². The van der Waals surface area contributed by atoms with E-state index in [2.05, 4.69) is 0 Å². The summed E-state index contributed by atoms with van der Waals surface area (Å²) in [7, 11) is 2.28. The van der Waals surface area contributed by atoms with E-state index >= 15 is 0 Å². The van der Waals surface area contributed by atoms with Crippen LogP contribution in [0.25, 0.3) is 0 Å². The second kappa shape index (κ2) is 4.80. The van der Waals surface area contributed by atoms with Crippen molar-refractivity contribution in [3.8, 4) is 0 Å². The van der Waals surface area contributed by atoms with Crippen molar-refractivity contribution in [3.63, 3.8) is 0 Å². The van der Waals surface area contributed by atoms with Gasteiger partial charge in [0.05, 0.1) is 11.1 Å². The van der Waals surface area contributed by atoms with Crippen LogP contribution in [0.3, 0.4) is 0 Å². The number of carbonyl (C=O) groups excluding carboxylic acids is 2. The molecule has 1 amide bonds. The predicted molar refractivity (Wildman–Crippen MR) is 59.0 cm³/mol. The van der Waals surface area contributed by atoms with Crippen molar-refractivity contribution in [2.45, 2.75) is 12.8 Å². The Hall–Kier alpha value is -1.85. The van der Waals surface area contributed by atoms with E-state index < -0.39 is 34.6 Å². The summed E-state index contributed by atoms with van der Waals surface area (Å²) < 4.78 is 41.3. The van der Waals surface area contributed by atoms with Crippen LogP contribution in [-0.2, 0) is 10.7 Å². The highest BCUT2D eigenvalue weighted by molar-refractivity contribution is 5.95. The van der Waals surface area contributed by atoms with Gasteiger partial charge in [0.1, 0.15) is 5.82 Å². The fourth-order valence-corrected chi connectivity index (χ4v) is 1.44. The molecule has 0 saturated heterocycles. The number of amides is 1. The maximum atomic E-state index is 13.8. The number of rotatable bonds is 3. The minimum Gasteiger partial charge on any atom is -0.343 e. The number of hydrogen-bond donors (Lipinski definition) is 0. The Morgan fingerprint density at radius 3 is 2.22 bits per heavy atom. The average molecular weight is 259 g/mol. The number of alkyl halides is 2. The molecule has 0 saturated carbocycles. The highest BCUT2D eigenvalue weighted by Gasteiger charge is 2.44. The number of nitrogens with zero attached hydrogens (tertiary/aromatic N) is 1. The van der Waals surface area contributed by atoms with E-state index in [0.717, 1.165) is 39.2 Å². The minimum atomic E-state index is -4.00. The predicted octanol–water partition coefficient (Wildman–Crippen LogP) is 2.21. The molecule has 98 valence electrons. The number of likely N-dealkylation sites (N-methyl/N-ethyl adjacent to an activating group) is 1. The van der Waals surface area contributed by atoms with E-state index in [1.54, 1.807) is 0 Å². The van der Waals surface area contributed by atoms with Crippen molar-refractivity contribution in [2.24, 2.45) is 0 Å². The van der Waals surface area contributed by atoms with Crippen LogP contribution in [0.2, 0.25) is 0 Å². The van der Waals surface area contributed by atoms with Gasteiger partial charge in [-0.2, -0.15) is 8.78 Å². The summed E-state index contributed by atoms with van der Waals surface area (Å²) in [6.45, 7) is 1.06. The molecule has 0 aliphatic rings. The Morgan fingerprint density at radius 2 is 1.78 bits per heavy atom. The Kier molecular flexibility index (Phi) is 3.79. The lowest BCUT2D eigenvalue weighted by molar-refractivity contribution is -0.156. The molecule has 0 unspecified atom stereocenters. The van der Waals surface area contributed by atoms with Gasteiger partial charge in [0, 0.05) is 14.1 Å². The lowest BCUT2D eigenvalue weighted by atomic mass is 10.0. The summed E-state index contributed by atoms with van der Waals surface area (Å²) in [6.07, 6.45) is 0. The zero-order valence-corrected chi connectivity index (χ0v) is 10.1. The van der Waals surface area contributed by atoms with Crippen molar-refractivity contribution in [1.82, 2.24) is 4.90 Å². The first-order valence-corrected chi connectivity index (χ1v) is 5.09. The normalized spacial score (nSPS) is 11.2. The van der Waals surface area contributed by atoms with Crippen LogP contribution in [0.5, 0.6) is 0 Å². The third-order valence-corrected chi connectivity index (χ3v) is 2.39. The topological polar surface area (TPSA) is 37.4 Å². The van der Waals surface area contributed by atoms with Crippen LogP contribution >= 0.6 is 0 Å². The molecule has 0 radical (unpaired) electrons. The van der Waals surface area contributed by atoms with Crippen LogP contribution < -0.4 is 0 Å². The molecule has 0 atom stereocenters. The monoisotopic (exact) mass is 259 g/mol. The van der Waals surface area contributed by atoms with Gasteiger partial charge in [0.15, 0.2) is 5.78 Å². The van der Waals surface area contributed by atoms with Gasteiger partial charge in [-0.05, 0) is 19.1 Å². The van der Waals surface area contributed by atoms with Crippen molar-refractivity contribution in [3.05, 3.63) is 35.1 Å². The molecule has 3 nitrogen and oxygen atoms in total. The molecular weight excluding hydrogens is 247 g/mol. The zero-order valence-electron chi connectivity index (χ0n) is 10.1. The van der Waals surface area contributed by atoms with Gasteiger partial charge in [0.25, 0.3) is 5.91 Å². The summed E-state index contributed by atoms with van der Waals surface area (Å²) in [6, 6.07) is 3.01. The van der Waals surface area contributed by atoms with Crippen molar-refractivity contribution in [1.29, 1.82) is 0 Å². The summed E-state index contributed by atoms with van der Waals surface area (Å²) in [5, 5.41) is 0. The molecule has 1 rings (SSSR count). The number of Topliss-reactive ketones (excluding diaryl/α,β-unsaturated/α-hetero) is 1. The van der Waals surface area contributed by atoms with Crippen LogP contribution in [0.15, 0.2) is 18.2 Å². The highest BCUT2D eigenvalue weighted by Crippen LogP contribution is 2.32. The zero-order chi connectivity index (χ0) is 14.1. The SMILES string of the molecule is CC(=O)c1cccc(C(F)(F)C(=O)N(C)C)c1F. The molecule has 1 aromatic carbocycles. The first-order valence-electron chi connectivity index (χ1n) is 5.09. The van der Waals surface area contributed by atoms with E-state index in [1.807, 2.05) is 0 Å². The van der Waals surface area contributed by atoms with Crippen molar-refractivity contribution < 1.29 is 22.8 Å². The molecule has 0 fully saturated rings. The Labute approximate surface area is 102 Å². The molecule has 6 heteroatoms. The van der Waals surface area contributed by atoms with Crippen molar-refractivity contribution >= 4 is 11.7 Å². The molecular formula is C12H12F3NO2.